The first kappa shape index (κ1) is 26.3. The fraction of sp³-hybridized carbons (Fsp3) is 0.379. The van der Waals surface area contributed by atoms with Crippen LogP contribution in [0.3, 0.4) is 0 Å². The second-order valence-electron chi connectivity index (χ2n) is 10.4. The summed E-state index contributed by atoms with van der Waals surface area (Å²) in [6.07, 6.45) is 9.42. The molecule has 2 aliphatic heterocycles. The summed E-state index contributed by atoms with van der Waals surface area (Å²) in [6, 6.07) is 8.41. The van der Waals surface area contributed by atoms with Gasteiger partial charge in [-0.25, -0.2) is 0 Å². The number of imide groups is 2. The summed E-state index contributed by atoms with van der Waals surface area (Å²) < 4.78 is 0. The van der Waals surface area contributed by atoms with Gasteiger partial charge in [0, 0.05) is 48.9 Å². The molecule has 4 N–H and O–H groups in total. The van der Waals surface area contributed by atoms with E-state index in [1.54, 1.807) is 24.4 Å². The molecule has 1 unspecified atom stereocenters. The van der Waals surface area contributed by atoms with E-state index in [0.29, 0.717) is 12.0 Å². The highest BCUT2D eigenvalue weighted by molar-refractivity contribution is 6.23. The first-order chi connectivity index (χ1) is 18.8. The molecule has 1 aromatic heterocycles. The Morgan fingerprint density at radius 1 is 1.13 bits per heavy atom. The minimum absolute atomic E-state index is 0.0980. The van der Waals surface area contributed by atoms with Crippen LogP contribution in [0.25, 0.3) is 5.57 Å². The highest BCUT2D eigenvalue weighted by Crippen LogP contribution is 2.32. The van der Waals surface area contributed by atoms with E-state index >= 15 is 0 Å². The molecule has 1 atom stereocenters. The molecule has 1 aromatic carbocycles. The Labute approximate surface area is 226 Å². The van der Waals surface area contributed by atoms with Crippen LogP contribution in [0, 0.1) is 18.3 Å². The van der Waals surface area contributed by atoms with Crippen LogP contribution in [0.15, 0.2) is 42.7 Å². The van der Waals surface area contributed by atoms with Crippen LogP contribution < -0.4 is 16.0 Å². The lowest BCUT2D eigenvalue weighted by molar-refractivity contribution is -0.136. The lowest BCUT2D eigenvalue weighted by atomic mass is 9.77. The summed E-state index contributed by atoms with van der Waals surface area (Å²) in [4.78, 5) is 54.8. The first-order valence-electron chi connectivity index (χ1n) is 13.3. The average Bonchev–Trinajstić information content (AvgIpc) is 3.13. The Morgan fingerprint density at radius 2 is 1.92 bits per heavy atom. The molecule has 202 valence electrons. The molecule has 10 nitrogen and oxygen atoms in total. The number of pyridine rings is 1. The van der Waals surface area contributed by atoms with Gasteiger partial charge in [-0.1, -0.05) is 0 Å². The third-order valence-electron chi connectivity index (χ3n) is 7.63. The normalized spacial score (nSPS) is 22.7. The standard InChI is InChI=1S/C29H32N6O4/c1-17-8-10-32-24(11-17)19(15-30)16-33-21-12-18(13-21)3-2-9-31-20-4-5-22-23(14-20)29(39)35(28(22)38)25-6-7-26(36)34-27(25)37/h4-5,8,10-11,14-16,18,21,25,30-31,33H,2-3,6-7,9,12-13H2,1H3,(H,34,36,37)/b19-16+,30-15?. The number of nitrogens with zero attached hydrogens (tertiary/aromatic N) is 2. The molecule has 1 saturated carbocycles. The maximum Gasteiger partial charge on any atom is 0.262 e. The molecule has 1 aliphatic carbocycles. The predicted octanol–water partition coefficient (Wildman–Crippen LogP) is 3.04. The summed E-state index contributed by atoms with van der Waals surface area (Å²) in [5, 5.41) is 16.7. The van der Waals surface area contributed by atoms with Gasteiger partial charge in [-0.2, -0.15) is 0 Å². The van der Waals surface area contributed by atoms with Crippen molar-refractivity contribution in [3.8, 4) is 0 Å². The lowest BCUT2D eigenvalue weighted by Gasteiger charge is -2.36. The second-order valence-corrected chi connectivity index (χ2v) is 10.4. The van der Waals surface area contributed by atoms with Crippen molar-refractivity contribution in [3.05, 3.63) is 65.1 Å². The molecule has 2 aromatic rings. The van der Waals surface area contributed by atoms with E-state index in [2.05, 4.69) is 20.9 Å². The maximum atomic E-state index is 13.0. The van der Waals surface area contributed by atoms with Crippen molar-refractivity contribution in [2.24, 2.45) is 5.92 Å². The number of benzene rings is 1. The van der Waals surface area contributed by atoms with Gasteiger partial charge in [0.05, 0.1) is 16.8 Å². The van der Waals surface area contributed by atoms with Gasteiger partial charge in [-0.3, -0.25) is 34.4 Å². The topological polar surface area (TPSA) is 144 Å². The summed E-state index contributed by atoms with van der Waals surface area (Å²) >= 11 is 0. The number of carbonyl (C=O) groups excluding carboxylic acids is 4. The van der Waals surface area contributed by atoms with E-state index in [4.69, 9.17) is 5.41 Å². The molecular weight excluding hydrogens is 496 g/mol. The average molecular weight is 529 g/mol. The highest BCUT2D eigenvalue weighted by Gasteiger charge is 2.44. The largest absolute Gasteiger partial charge is 0.388 e. The number of fused-ring (bicyclic) bond motifs is 1. The van der Waals surface area contributed by atoms with Gasteiger partial charge in [0.2, 0.25) is 11.8 Å². The van der Waals surface area contributed by atoms with Crippen molar-refractivity contribution in [2.75, 3.05) is 11.9 Å². The number of carbonyl (C=O) groups is 4. The van der Waals surface area contributed by atoms with E-state index in [1.807, 2.05) is 25.3 Å². The Morgan fingerprint density at radius 3 is 2.67 bits per heavy atom. The van der Waals surface area contributed by atoms with E-state index in [9.17, 15) is 19.2 Å². The fourth-order valence-electron chi connectivity index (χ4n) is 5.40. The van der Waals surface area contributed by atoms with E-state index in [0.717, 1.165) is 59.6 Å². The molecule has 3 heterocycles. The number of amides is 4. The zero-order valence-electron chi connectivity index (χ0n) is 21.8. The molecule has 1 saturated heterocycles. The number of hydrogen-bond donors (Lipinski definition) is 4. The molecule has 0 radical (unpaired) electrons. The van der Waals surface area contributed by atoms with Crippen LogP contribution in [-0.2, 0) is 9.59 Å². The quantitative estimate of drug-likeness (QED) is 0.211. The predicted molar refractivity (Wildman–Crippen MR) is 146 cm³/mol. The Balaban J connectivity index is 1.06. The monoisotopic (exact) mass is 528 g/mol. The first-order valence-corrected chi connectivity index (χ1v) is 13.3. The molecule has 4 amide bonds. The maximum absolute atomic E-state index is 13.0. The van der Waals surface area contributed by atoms with Crippen molar-refractivity contribution in [1.82, 2.24) is 20.5 Å². The second kappa shape index (κ2) is 11.2. The van der Waals surface area contributed by atoms with Crippen LogP contribution in [0.4, 0.5) is 5.69 Å². The van der Waals surface area contributed by atoms with Crippen molar-refractivity contribution < 1.29 is 19.2 Å². The Kier molecular flexibility index (Phi) is 7.53. The zero-order chi connectivity index (χ0) is 27.5. The SMILES string of the molecule is Cc1ccnc(/C(C=N)=C/NC2CC(CCCNc3ccc4c(c3)C(=O)N(C3CCC(=O)NC3=O)C4=O)C2)c1. The van der Waals surface area contributed by atoms with Gasteiger partial charge >= 0.3 is 0 Å². The van der Waals surface area contributed by atoms with Crippen molar-refractivity contribution >= 4 is 41.1 Å². The number of aromatic nitrogens is 1. The minimum atomic E-state index is -0.960. The van der Waals surface area contributed by atoms with Crippen LogP contribution >= 0.6 is 0 Å². The van der Waals surface area contributed by atoms with Crippen LogP contribution in [0.5, 0.6) is 0 Å². The minimum Gasteiger partial charge on any atom is -0.388 e. The number of allylic oxidation sites excluding steroid dienone is 1. The van der Waals surface area contributed by atoms with E-state index < -0.39 is 29.7 Å². The number of anilines is 1. The summed E-state index contributed by atoms with van der Waals surface area (Å²) in [5.41, 5.74) is 3.98. The van der Waals surface area contributed by atoms with Crippen LogP contribution in [-0.4, -0.2) is 58.4 Å². The Hall–Kier alpha value is -4.34. The molecule has 3 aliphatic rings. The lowest BCUT2D eigenvalue weighted by Crippen LogP contribution is -2.54. The molecule has 10 heteroatoms. The summed E-state index contributed by atoms with van der Waals surface area (Å²) in [5.74, 6) is -1.36. The molecule has 2 fully saturated rings. The third kappa shape index (κ3) is 5.59. The van der Waals surface area contributed by atoms with Crippen molar-refractivity contribution in [1.29, 1.82) is 5.41 Å². The van der Waals surface area contributed by atoms with Crippen molar-refractivity contribution in [2.45, 2.75) is 57.5 Å². The van der Waals surface area contributed by atoms with Crippen LogP contribution in [0.1, 0.15) is 70.5 Å². The number of piperidine rings is 1. The number of nitrogens with one attached hydrogen (secondary N) is 4. The molecule has 5 rings (SSSR count). The highest BCUT2D eigenvalue weighted by atomic mass is 16.2. The fourth-order valence-corrected chi connectivity index (χ4v) is 5.40. The van der Waals surface area contributed by atoms with Gasteiger partial charge in [-0.05, 0) is 80.8 Å². The summed E-state index contributed by atoms with van der Waals surface area (Å²) in [7, 11) is 0. The van der Waals surface area contributed by atoms with E-state index in [1.165, 1.54) is 6.21 Å². The number of hydrogen-bond acceptors (Lipinski definition) is 8. The van der Waals surface area contributed by atoms with Crippen molar-refractivity contribution in [3.63, 3.8) is 0 Å². The van der Waals surface area contributed by atoms with Gasteiger partial charge in [0.1, 0.15) is 6.04 Å². The molecule has 0 spiro atoms. The summed E-state index contributed by atoms with van der Waals surface area (Å²) in [6.45, 7) is 2.75. The van der Waals surface area contributed by atoms with E-state index in [-0.39, 0.29) is 24.0 Å². The van der Waals surface area contributed by atoms with Gasteiger partial charge in [0.15, 0.2) is 0 Å². The smallest absolute Gasteiger partial charge is 0.262 e. The van der Waals surface area contributed by atoms with Gasteiger partial charge < -0.3 is 16.0 Å². The third-order valence-corrected chi connectivity index (χ3v) is 7.63. The Bertz CT molecular complexity index is 1360. The van der Waals surface area contributed by atoms with Gasteiger partial charge in [-0.15, -0.1) is 0 Å². The number of rotatable bonds is 10. The molecular formula is C29H32N6O4. The molecule has 0 bridgehead atoms. The molecule has 39 heavy (non-hydrogen) atoms. The zero-order valence-corrected chi connectivity index (χ0v) is 21.8. The van der Waals surface area contributed by atoms with Crippen LogP contribution in [0.2, 0.25) is 0 Å². The number of aryl methyl sites for hydroxylation is 1. The van der Waals surface area contributed by atoms with Gasteiger partial charge in [0.25, 0.3) is 11.8 Å².